The standard InChI is InChI=1S/C11H13IO/c12-10-6-2-1-3-4(6)9-8(10)5(2)7(3)11(9)13/h2-11,13H,1H2/t2-,3+,4-,5-,6-,7-,8+,9-,10+,11-/m0/s1. The van der Waals surface area contributed by atoms with Crippen molar-refractivity contribution in [3.8, 4) is 0 Å². The summed E-state index contributed by atoms with van der Waals surface area (Å²) < 4.78 is 0.940. The van der Waals surface area contributed by atoms with Gasteiger partial charge in [-0.15, -0.1) is 0 Å². The quantitative estimate of drug-likeness (QED) is 0.529. The molecule has 0 radical (unpaired) electrons. The fourth-order valence-corrected chi connectivity index (χ4v) is 8.49. The van der Waals surface area contributed by atoms with Gasteiger partial charge in [0.25, 0.3) is 0 Å². The molecule has 0 aliphatic heterocycles. The summed E-state index contributed by atoms with van der Waals surface area (Å²) in [5.41, 5.74) is 0. The monoisotopic (exact) mass is 288 g/mol. The first-order chi connectivity index (χ1) is 6.30. The second-order valence-electron chi connectivity index (χ2n) is 5.96. The molecule has 0 spiro atoms. The Morgan fingerprint density at radius 2 is 1.54 bits per heavy atom. The molecule has 6 fully saturated rings. The molecule has 10 atom stereocenters. The van der Waals surface area contributed by atoms with Gasteiger partial charge >= 0.3 is 0 Å². The van der Waals surface area contributed by atoms with Crippen LogP contribution in [0, 0.1) is 47.3 Å². The number of aliphatic hydroxyl groups excluding tert-OH is 1. The molecule has 6 rings (SSSR count). The first kappa shape index (κ1) is 7.04. The van der Waals surface area contributed by atoms with E-state index < -0.39 is 0 Å². The number of hydrogen-bond donors (Lipinski definition) is 1. The Hall–Kier alpha value is 0.690. The highest BCUT2D eigenvalue weighted by Crippen LogP contribution is 2.83. The SMILES string of the molecule is O[C@@H]1[C@@H]2[C@@H]3[C@H](I)[C@H]4[C@H]5C[C@H]([C@H]24)[C@H]1[C@H]53. The molecule has 6 saturated carbocycles. The summed E-state index contributed by atoms with van der Waals surface area (Å²) in [5, 5.41) is 10.2. The second kappa shape index (κ2) is 1.73. The van der Waals surface area contributed by atoms with E-state index in [1.807, 2.05) is 0 Å². The molecule has 0 unspecified atom stereocenters. The van der Waals surface area contributed by atoms with Gasteiger partial charge in [0.1, 0.15) is 0 Å². The van der Waals surface area contributed by atoms with Crippen LogP contribution in [0.15, 0.2) is 0 Å². The Kier molecular flexibility index (Phi) is 0.936. The molecule has 13 heavy (non-hydrogen) atoms. The predicted octanol–water partition coefficient (Wildman–Crippen LogP) is 1.54. The molecule has 2 heteroatoms. The Labute approximate surface area is 91.4 Å². The third-order valence-electron chi connectivity index (χ3n) is 6.27. The van der Waals surface area contributed by atoms with Gasteiger partial charge in [-0.05, 0) is 53.8 Å². The van der Waals surface area contributed by atoms with Crippen molar-refractivity contribution in [2.45, 2.75) is 16.4 Å². The van der Waals surface area contributed by atoms with Crippen LogP contribution in [0.25, 0.3) is 0 Å². The lowest BCUT2D eigenvalue weighted by Crippen LogP contribution is -2.30. The van der Waals surface area contributed by atoms with E-state index in [1.54, 1.807) is 0 Å². The van der Waals surface area contributed by atoms with Crippen molar-refractivity contribution in [2.75, 3.05) is 0 Å². The van der Waals surface area contributed by atoms with Gasteiger partial charge in [0.2, 0.25) is 0 Å². The lowest BCUT2D eigenvalue weighted by Gasteiger charge is -2.33. The van der Waals surface area contributed by atoms with Gasteiger partial charge in [-0.3, -0.25) is 0 Å². The molecule has 6 aliphatic carbocycles. The molecular formula is C11H13IO. The van der Waals surface area contributed by atoms with Crippen molar-refractivity contribution in [2.24, 2.45) is 47.3 Å². The minimum atomic E-state index is 0.125. The summed E-state index contributed by atoms with van der Waals surface area (Å²) in [4.78, 5) is 0. The molecule has 0 heterocycles. The number of halogens is 1. The molecule has 1 nitrogen and oxygen atoms in total. The lowest BCUT2D eigenvalue weighted by atomic mass is 9.71. The number of aliphatic hydroxyl groups is 1. The summed E-state index contributed by atoms with van der Waals surface area (Å²) in [5.74, 6) is 7.48. The van der Waals surface area contributed by atoms with Gasteiger partial charge in [-0.2, -0.15) is 0 Å². The van der Waals surface area contributed by atoms with Crippen LogP contribution < -0.4 is 0 Å². The third-order valence-corrected chi connectivity index (χ3v) is 7.93. The number of hydrogen-bond acceptors (Lipinski definition) is 1. The maximum atomic E-state index is 10.2. The van der Waals surface area contributed by atoms with Crippen molar-refractivity contribution in [3.63, 3.8) is 0 Å². The first-order valence-electron chi connectivity index (χ1n) is 5.63. The fraction of sp³-hybridized carbons (Fsp3) is 1.00. The maximum Gasteiger partial charge on any atom is 0.0608 e. The smallest absolute Gasteiger partial charge is 0.0608 e. The topological polar surface area (TPSA) is 20.2 Å². The average molecular weight is 288 g/mol. The second-order valence-corrected chi connectivity index (χ2v) is 7.40. The summed E-state index contributed by atoms with van der Waals surface area (Å²) in [6, 6.07) is 0. The maximum absolute atomic E-state index is 10.2. The van der Waals surface area contributed by atoms with Crippen molar-refractivity contribution >= 4 is 22.6 Å². The van der Waals surface area contributed by atoms with Gasteiger partial charge < -0.3 is 5.11 Å². The minimum Gasteiger partial charge on any atom is -0.393 e. The molecule has 0 saturated heterocycles. The highest BCUT2D eigenvalue weighted by Gasteiger charge is 2.82. The molecule has 1 N–H and O–H groups in total. The van der Waals surface area contributed by atoms with Crippen LogP contribution in [0.5, 0.6) is 0 Å². The lowest BCUT2D eigenvalue weighted by molar-refractivity contribution is 0.116. The first-order valence-corrected chi connectivity index (χ1v) is 6.87. The molecular weight excluding hydrogens is 275 g/mol. The van der Waals surface area contributed by atoms with E-state index in [4.69, 9.17) is 0 Å². The van der Waals surface area contributed by atoms with Crippen LogP contribution in [0.1, 0.15) is 6.42 Å². The highest BCUT2D eigenvalue weighted by molar-refractivity contribution is 14.1. The van der Waals surface area contributed by atoms with Crippen molar-refractivity contribution < 1.29 is 5.11 Å². The van der Waals surface area contributed by atoms with Gasteiger partial charge in [0.05, 0.1) is 6.10 Å². The molecule has 6 bridgehead atoms. The molecule has 0 amide bonds. The van der Waals surface area contributed by atoms with Crippen molar-refractivity contribution in [1.29, 1.82) is 0 Å². The highest BCUT2D eigenvalue weighted by atomic mass is 127. The van der Waals surface area contributed by atoms with Crippen LogP contribution >= 0.6 is 22.6 Å². The average Bonchev–Trinajstić information content (AvgIpc) is 2.78. The zero-order valence-corrected chi connectivity index (χ0v) is 9.46. The summed E-state index contributed by atoms with van der Waals surface area (Å²) in [6.45, 7) is 0. The number of alkyl halides is 1. The van der Waals surface area contributed by atoms with E-state index >= 15 is 0 Å². The van der Waals surface area contributed by atoms with Crippen LogP contribution in [-0.4, -0.2) is 15.1 Å². The van der Waals surface area contributed by atoms with Crippen LogP contribution in [0.3, 0.4) is 0 Å². The van der Waals surface area contributed by atoms with Crippen molar-refractivity contribution in [3.05, 3.63) is 0 Å². The Balaban J connectivity index is 1.86. The predicted molar refractivity (Wildman–Crippen MR) is 56.4 cm³/mol. The Morgan fingerprint density at radius 3 is 2.31 bits per heavy atom. The summed E-state index contributed by atoms with van der Waals surface area (Å²) >= 11 is 2.70. The van der Waals surface area contributed by atoms with Crippen molar-refractivity contribution in [1.82, 2.24) is 0 Å². The van der Waals surface area contributed by atoms with E-state index in [0.29, 0.717) is 0 Å². The molecule has 0 aromatic heterocycles. The van der Waals surface area contributed by atoms with Crippen LogP contribution in [0.2, 0.25) is 0 Å². The number of rotatable bonds is 0. The third kappa shape index (κ3) is 0.451. The van der Waals surface area contributed by atoms with Gasteiger partial charge in [0.15, 0.2) is 0 Å². The van der Waals surface area contributed by atoms with E-state index in [0.717, 1.165) is 51.3 Å². The molecule has 6 aliphatic rings. The molecule has 70 valence electrons. The van der Waals surface area contributed by atoms with E-state index in [9.17, 15) is 5.11 Å². The Morgan fingerprint density at radius 1 is 0.846 bits per heavy atom. The summed E-state index contributed by atoms with van der Waals surface area (Å²) in [7, 11) is 0. The van der Waals surface area contributed by atoms with Crippen LogP contribution in [-0.2, 0) is 0 Å². The van der Waals surface area contributed by atoms with E-state index in [-0.39, 0.29) is 6.10 Å². The van der Waals surface area contributed by atoms with Gasteiger partial charge in [0, 0.05) is 3.92 Å². The van der Waals surface area contributed by atoms with Gasteiger partial charge in [-0.25, -0.2) is 0 Å². The fourth-order valence-electron chi connectivity index (χ4n) is 6.52. The zero-order chi connectivity index (χ0) is 8.48. The molecule has 0 aromatic carbocycles. The summed E-state index contributed by atoms with van der Waals surface area (Å²) in [6.07, 6.45) is 1.62. The molecule has 0 aromatic rings. The normalized spacial score (nSPS) is 85.4. The zero-order valence-electron chi connectivity index (χ0n) is 7.31. The minimum absolute atomic E-state index is 0.125. The van der Waals surface area contributed by atoms with Crippen LogP contribution in [0.4, 0.5) is 0 Å². The van der Waals surface area contributed by atoms with E-state index in [1.165, 1.54) is 6.42 Å². The largest absolute Gasteiger partial charge is 0.393 e. The Bertz CT molecular complexity index is 283. The van der Waals surface area contributed by atoms with Gasteiger partial charge in [-0.1, -0.05) is 22.6 Å². The van der Waals surface area contributed by atoms with E-state index in [2.05, 4.69) is 22.6 Å².